The number of carboxylic acid groups (broad SMARTS) is 1. The molecule has 1 aliphatic rings. The van der Waals surface area contributed by atoms with Gasteiger partial charge in [-0.05, 0) is 48.2 Å². The molecule has 29 heavy (non-hydrogen) atoms. The number of aliphatic carboxylic acids is 1. The third kappa shape index (κ3) is 3.49. The number of carbonyl (C=O) groups is 1. The van der Waals surface area contributed by atoms with Crippen molar-refractivity contribution in [2.75, 3.05) is 10.6 Å². The standard InChI is InChI=1S/C23H21FN2O2S/c1-13-4-6-15(7-5-13)19-9-20-22-16(8-17(24)11-25-22)12-26(29-3)23(20)14(2)18(19)10-21(27)28/h4-9,11H,10,12H2,1-3H3,(H,27,28). The summed E-state index contributed by atoms with van der Waals surface area (Å²) in [4.78, 5) is 16.0. The van der Waals surface area contributed by atoms with Crippen molar-refractivity contribution in [3.63, 3.8) is 0 Å². The highest BCUT2D eigenvalue weighted by molar-refractivity contribution is 7.99. The van der Waals surface area contributed by atoms with Crippen LogP contribution in [0.1, 0.15) is 22.3 Å². The smallest absolute Gasteiger partial charge is 0.307 e. The lowest BCUT2D eigenvalue weighted by molar-refractivity contribution is -0.136. The second-order valence-corrected chi connectivity index (χ2v) is 8.05. The maximum Gasteiger partial charge on any atom is 0.307 e. The maximum absolute atomic E-state index is 13.8. The summed E-state index contributed by atoms with van der Waals surface area (Å²) in [5.41, 5.74) is 8.14. The van der Waals surface area contributed by atoms with Gasteiger partial charge in [0.05, 0.1) is 30.5 Å². The Balaban J connectivity index is 2.03. The number of pyridine rings is 1. The Bertz CT molecular complexity index is 1110. The number of rotatable bonds is 4. The number of anilines is 1. The zero-order valence-electron chi connectivity index (χ0n) is 16.5. The summed E-state index contributed by atoms with van der Waals surface area (Å²) in [7, 11) is 0. The predicted octanol–water partition coefficient (Wildman–Crippen LogP) is 5.40. The van der Waals surface area contributed by atoms with Gasteiger partial charge in [-0.1, -0.05) is 41.8 Å². The van der Waals surface area contributed by atoms with Gasteiger partial charge in [0.15, 0.2) is 0 Å². The second kappa shape index (κ2) is 7.52. The Morgan fingerprint density at radius 2 is 1.93 bits per heavy atom. The molecule has 1 aliphatic heterocycles. The van der Waals surface area contributed by atoms with Gasteiger partial charge in [-0.15, -0.1) is 0 Å². The second-order valence-electron chi connectivity index (χ2n) is 7.24. The third-order valence-electron chi connectivity index (χ3n) is 5.34. The molecule has 0 amide bonds. The summed E-state index contributed by atoms with van der Waals surface area (Å²) >= 11 is 1.54. The Morgan fingerprint density at radius 1 is 1.21 bits per heavy atom. The molecule has 4 nitrogen and oxygen atoms in total. The van der Waals surface area contributed by atoms with Crippen molar-refractivity contribution in [3.05, 3.63) is 70.7 Å². The van der Waals surface area contributed by atoms with Gasteiger partial charge in [0, 0.05) is 17.4 Å². The first-order chi connectivity index (χ1) is 13.9. The van der Waals surface area contributed by atoms with Crippen molar-refractivity contribution in [2.45, 2.75) is 26.8 Å². The topological polar surface area (TPSA) is 53.4 Å². The van der Waals surface area contributed by atoms with Gasteiger partial charge in [-0.3, -0.25) is 9.78 Å². The minimum Gasteiger partial charge on any atom is -0.481 e. The average Bonchev–Trinajstić information content (AvgIpc) is 2.69. The van der Waals surface area contributed by atoms with E-state index in [1.165, 1.54) is 24.2 Å². The van der Waals surface area contributed by atoms with Gasteiger partial charge < -0.3 is 9.41 Å². The predicted molar refractivity (Wildman–Crippen MR) is 116 cm³/mol. The highest BCUT2D eigenvalue weighted by Gasteiger charge is 2.28. The van der Waals surface area contributed by atoms with Crippen LogP contribution < -0.4 is 4.31 Å². The fourth-order valence-electron chi connectivity index (χ4n) is 3.95. The largest absolute Gasteiger partial charge is 0.481 e. The number of carboxylic acids is 1. The molecule has 0 unspecified atom stereocenters. The van der Waals surface area contributed by atoms with Crippen LogP contribution in [0, 0.1) is 19.7 Å². The SMILES string of the molecule is CSN1Cc2cc(F)cnc2-c2cc(-c3ccc(C)cc3)c(CC(=O)O)c(C)c21. The van der Waals surface area contributed by atoms with E-state index in [1.807, 2.05) is 50.4 Å². The molecule has 0 spiro atoms. The van der Waals surface area contributed by atoms with E-state index < -0.39 is 5.97 Å². The maximum atomic E-state index is 13.8. The Kier molecular flexibility index (Phi) is 5.04. The van der Waals surface area contributed by atoms with Gasteiger partial charge in [-0.25, -0.2) is 4.39 Å². The lowest BCUT2D eigenvalue weighted by atomic mass is 9.86. The lowest BCUT2D eigenvalue weighted by Gasteiger charge is -2.33. The summed E-state index contributed by atoms with van der Waals surface area (Å²) < 4.78 is 15.9. The highest BCUT2D eigenvalue weighted by atomic mass is 32.2. The van der Waals surface area contributed by atoms with E-state index in [2.05, 4.69) is 9.29 Å². The van der Waals surface area contributed by atoms with Crippen LogP contribution in [-0.4, -0.2) is 22.3 Å². The van der Waals surface area contributed by atoms with Crippen molar-refractivity contribution in [1.29, 1.82) is 0 Å². The van der Waals surface area contributed by atoms with Crippen LogP contribution in [0.3, 0.4) is 0 Å². The molecule has 0 radical (unpaired) electrons. The monoisotopic (exact) mass is 408 g/mol. The van der Waals surface area contributed by atoms with E-state index in [-0.39, 0.29) is 12.2 Å². The first-order valence-corrected chi connectivity index (χ1v) is 10.5. The van der Waals surface area contributed by atoms with E-state index in [1.54, 1.807) is 0 Å². The average molecular weight is 408 g/mol. The van der Waals surface area contributed by atoms with Crippen molar-refractivity contribution in [1.82, 2.24) is 4.98 Å². The number of hydrogen-bond acceptors (Lipinski definition) is 4. The van der Waals surface area contributed by atoms with Gasteiger partial charge in [0.25, 0.3) is 0 Å². The Hall–Kier alpha value is -2.86. The van der Waals surface area contributed by atoms with Crippen LogP contribution in [0.15, 0.2) is 42.6 Å². The normalized spacial score (nSPS) is 12.5. The minimum atomic E-state index is -0.867. The summed E-state index contributed by atoms with van der Waals surface area (Å²) in [5.74, 6) is -1.22. The number of aromatic nitrogens is 1. The molecule has 148 valence electrons. The molecule has 0 saturated carbocycles. The van der Waals surface area contributed by atoms with E-state index in [0.29, 0.717) is 6.54 Å². The van der Waals surface area contributed by atoms with Crippen LogP contribution >= 0.6 is 11.9 Å². The van der Waals surface area contributed by atoms with E-state index in [0.717, 1.165) is 50.3 Å². The van der Waals surface area contributed by atoms with Gasteiger partial charge in [0.2, 0.25) is 0 Å². The number of benzene rings is 2. The molecule has 0 atom stereocenters. The first-order valence-electron chi connectivity index (χ1n) is 9.30. The molecule has 3 aromatic rings. The van der Waals surface area contributed by atoms with Crippen LogP contribution in [0.25, 0.3) is 22.4 Å². The molecule has 2 aromatic carbocycles. The van der Waals surface area contributed by atoms with E-state index in [4.69, 9.17) is 0 Å². The molecule has 2 heterocycles. The summed E-state index contributed by atoms with van der Waals surface area (Å²) in [6.07, 6.45) is 3.14. The highest BCUT2D eigenvalue weighted by Crippen LogP contribution is 2.46. The van der Waals surface area contributed by atoms with Crippen LogP contribution in [-0.2, 0) is 17.8 Å². The number of hydrogen-bond donors (Lipinski definition) is 1. The third-order valence-corrected chi connectivity index (χ3v) is 6.09. The molecule has 0 fully saturated rings. The van der Waals surface area contributed by atoms with Crippen LogP contribution in [0.4, 0.5) is 10.1 Å². The Morgan fingerprint density at radius 3 is 2.59 bits per heavy atom. The quantitative estimate of drug-likeness (QED) is 0.586. The van der Waals surface area contributed by atoms with Crippen molar-refractivity contribution in [2.24, 2.45) is 0 Å². The molecular formula is C23H21FN2O2S. The molecule has 1 aromatic heterocycles. The van der Waals surface area contributed by atoms with E-state index >= 15 is 0 Å². The molecule has 0 saturated heterocycles. The fraction of sp³-hybridized carbons (Fsp3) is 0.217. The molecule has 4 rings (SSSR count). The first kappa shape index (κ1) is 19.5. The molecule has 0 aliphatic carbocycles. The molecular weight excluding hydrogens is 387 g/mol. The number of aryl methyl sites for hydroxylation is 1. The fourth-order valence-corrected chi connectivity index (χ4v) is 4.64. The zero-order valence-corrected chi connectivity index (χ0v) is 17.3. The number of nitrogens with zero attached hydrogens (tertiary/aromatic N) is 2. The Labute approximate surface area is 173 Å². The molecule has 0 bridgehead atoms. The summed E-state index contributed by atoms with van der Waals surface area (Å²) in [5, 5.41) is 9.55. The zero-order chi connectivity index (χ0) is 20.7. The van der Waals surface area contributed by atoms with E-state index in [9.17, 15) is 14.3 Å². The van der Waals surface area contributed by atoms with Crippen LogP contribution in [0.2, 0.25) is 0 Å². The van der Waals surface area contributed by atoms with Gasteiger partial charge in [0.1, 0.15) is 5.82 Å². The lowest BCUT2D eigenvalue weighted by Crippen LogP contribution is -2.22. The number of halogens is 1. The van der Waals surface area contributed by atoms with Crippen molar-refractivity contribution < 1.29 is 14.3 Å². The van der Waals surface area contributed by atoms with Crippen LogP contribution in [0.5, 0.6) is 0 Å². The summed E-state index contributed by atoms with van der Waals surface area (Å²) in [6, 6.07) is 11.6. The minimum absolute atomic E-state index is 0.0613. The summed E-state index contributed by atoms with van der Waals surface area (Å²) in [6.45, 7) is 4.50. The molecule has 1 N–H and O–H groups in total. The molecule has 6 heteroatoms. The van der Waals surface area contributed by atoms with Crippen molar-refractivity contribution >= 4 is 23.6 Å². The number of fused-ring (bicyclic) bond motifs is 3. The van der Waals surface area contributed by atoms with Gasteiger partial charge in [-0.2, -0.15) is 0 Å². The van der Waals surface area contributed by atoms with Gasteiger partial charge >= 0.3 is 5.97 Å². The van der Waals surface area contributed by atoms with Crippen molar-refractivity contribution in [3.8, 4) is 22.4 Å².